The van der Waals surface area contributed by atoms with Crippen LogP contribution in [0.1, 0.15) is 173 Å². The van der Waals surface area contributed by atoms with Crippen molar-refractivity contribution in [3.8, 4) is 46.5 Å². The van der Waals surface area contributed by atoms with Crippen LogP contribution in [-0.2, 0) is 63.4 Å². The fourth-order valence-corrected chi connectivity index (χ4v) is 15.0. The van der Waals surface area contributed by atoms with E-state index in [1.807, 2.05) is 72.8 Å². The third kappa shape index (κ3) is 25.0. The number of nitrogen functional groups attached to an aromatic ring is 4. The highest BCUT2D eigenvalue weighted by Gasteiger charge is 2.21. The molecule has 0 amide bonds. The third-order valence-electron chi connectivity index (χ3n) is 21.6. The second kappa shape index (κ2) is 43.8. The van der Waals surface area contributed by atoms with Crippen LogP contribution in [0.4, 0.5) is 23.3 Å². The predicted octanol–water partition coefficient (Wildman–Crippen LogP) is 15.5. The van der Waals surface area contributed by atoms with Crippen molar-refractivity contribution in [2.24, 2.45) is 11.8 Å². The molecule has 668 valence electrons. The summed E-state index contributed by atoms with van der Waals surface area (Å²) in [6, 6.07) is 47.3. The fraction of sp³-hybridized carbons (Fsp3) is 0.319. The lowest BCUT2D eigenvalue weighted by Crippen LogP contribution is -2.18. The number of aromatic amines is 4. The summed E-state index contributed by atoms with van der Waals surface area (Å²) in [4.78, 5) is 112. The number of hydrogen-bond acceptors (Lipinski definition) is 26. The van der Waals surface area contributed by atoms with Crippen molar-refractivity contribution in [1.29, 1.82) is 0 Å². The number of anilines is 4. The van der Waals surface area contributed by atoms with E-state index in [4.69, 9.17) is 50.3 Å². The third-order valence-corrected chi connectivity index (χ3v) is 21.6. The first-order valence-corrected chi connectivity index (χ1v) is 43.8. The second-order valence-corrected chi connectivity index (χ2v) is 32.2. The van der Waals surface area contributed by atoms with Gasteiger partial charge in [-0.2, -0.15) is 8.42 Å². The lowest BCUT2D eigenvalue weighted by Gasteiger charge is -2.10. The van der Waals surface area contributed by atoms with E-state index in [0.29, 0.717) is 118 Å². The molecule has 0 saturated heterocycles. The predicted molar refractivity (Wildman–Crippen MR) is 497 cm³/mol. The minimum Gasteiger partial charge on any atom is -0.439 e. The van der Waals surface area contributed by atoms with Crippen molar-refractivity contribution < 1.29 is 27.4 Å². The van der Waals surface area contributed by atoms with E-state index < -0.39 is 11.6 Å². The Bertz CT molecular complexity index is 6720. The highest BCUT2D eigenvalue weighted by molar-refractivity contribution is 7.51. The minimum atomic E-state index is -0.750. The van der Waals surface area contributed by atoms with Crippen molar-refractivity contribution in [2.75, 3.05) is 22.9 Å². The first-order chi connectivity index (χ1) is 62.4. The number of fused-ring (bicyclic) bond motifs is 4. The minimum absolute atomic E-state index is 0.260. The summed E-state index contributed by atoms with van der Waals surface area (Å²) in [6.45, 7) is 17.1. The summed E-state index contributed by atoms with van der Waals surface area (Å²) < 4.78 is 46.1. The molecule has 12 N–H and O–H groups in total. The van der Waals surface area contributed by atoms with Gasteiger partial charge in [0.05, 0.1) is 26.2 Å². The Morgan fingerprint density at radius 1 is 0.357 bits per heavy atom. The van der Waals surface area contributed by atoms with Crippen LogP contribution in [0.2, 0.25) is 0 Å². The summed E-state index contributed by atoms with van der Waals surface area (Å²) in [5.74, 6) is 9.70. The zero-order valence-electron chi connectivity index (χ0n) is 73.4. The molecule has 0 atom stereocenters. The molecule has 0 radical (unpaired) electrons. The number of ether oxygens (including phenoxy) is 4. The Morgan fingerprint density at radius 3 is 0.868 bits per heavy atom. The molecule has 0 spiro atoms. The van der Waals surface area contributed by atoms with Gasteiger partial charge in [-0.15, -0.1) is 0 Å². The smallest absolute Gasteiger partial charge is 0.335 e. The highest BCUT2D eigenvalue weighted by Crippen LogP contribution is 2.32. The standard InChI is InChI=1S/C25H28N6O2.C24H28N6O2.C23H26N6O2.C22H24N6O2.O2S/c1-16-28-23(26)22-24(29-16)31(25(32)30-22)15-19-10-13-21(27-14-19)33-20-11-8-18(9-12-20)7-6-17-4-2-3-5-17;1-15(2)5-4-6-17-7-10-19(11-8-17)32-20-12-9-18(13-26-20)14-30-23-21(29-24(30)31)22(25)27-16(3)28-23;1-3-4-5-6-16-7-10-18(11-8-16)31-19-12-9-17(13-25-19)14-29-22-20(28-23(29)30)21(24)26-15(2)27-22;1-3-4-5-15-6-9-17(10-7-15)30-18-11-8-16(12-24-18)13-28-21-19(27-22(28)29)20(23)25-14(2)26-21;1-3-2/h8-14,17H,2-7,15H2,1H3,(H,30,32)(H2,26,28,29);7-13,15H,4-6,14H2,1-3H3,(H,29,31)(H2,25,27,28);7-13H,3-6,14H2,1-2H3,(H,28,30)(H2,24,26,27);6-12H,3-5,13H2,1-2H3,(H,27,29)(H2,23,25,26);. The number of nitrogens with one attached hydrogen (secondary N) is 4. The fourth-order valence-electron chi connectivity index (χ4n) is 15.0. The number of hydrogen-bond donors (Lipinski definition) is 8. The Morgan fingerprint density at radius 2 is 0.612 bits per heavy atom. The largest absolute Gasteiger partial charge is 0.439 e. The van der Waals surface area contributed by atoms with Gasteiger partial charge in [-0.25, -0.2) is 79.0 Å². The van der Waals surface area contributed by atoms with Gasteiger partial charge >= 0.3 is 34.3 Å². The molecule has 0 aliphatic heterocycles. The number of pyridine rings is 4. The molecule has 4 aromatic carbocycles. The summed E-state index contributed by atoms with van der Waals surface area (Å²) >= 11 is -0.750. The van der Waals surface area contributed by atoms with E-state index in [9.17, 15) is 19.2 Å². The zero-order chi connectivity index (χ0) is 91.0. The maximum absolute atomic E-state index is 12.4. The quantitative estimate of drug-likeness (QED) is 0.0194. The number of rotatable bonds is 30. The summed E-state index contributed by atoms with van der Waals surface area (Å²) in [5, 5.41) is 0. The second-order valence-electron chi connectivity index (χ2n) is 32.1. The van der Waals surface area contributed by atoms with Crippen LogP contribution in [0.25, 0.3) is 44.7 Å². The summed E-state index contributed by atoms with van der Waals surface area (Å²) in [6.07, 6.45) is 26.5. The van der Waals surface area contributed by atoms with E-state index in [1.54, 1.807) is 76.7 Å². The van der Waals surface area contributed by atoms with Gasteiger partial charge in [-0.05, 0) is 184 Å². The van der Waals surface area contributed by atoms with Crippen LogP contribution in [0.3, 0.4) is 0 Å². The lowest BCUT2D eigenvalue weighted by atomic mass is 9.98. The average molecular weight is 1760 g/mol. The zero-order valence-corrected chi connectivity index (χ0v) is 74.2. The van der Waals surface area contributed by atoms with Gasteiger partial charge in [0.1, 0.15) is 68.4 Å². The molecular formula is C94H106N24O10S. The number of unbranched alkanes of at least 4 members (excludes halogenated alkanes) is 3. The van der Waals surface area contributed by atoms with E-state index in [1.165, 1.54) is 118 Å². The number of nitrogens with two attached hydrogens (primary N) is 4. The van der Waals surface area contributed by atoms with Gasteiger partial charge in [0.2, 0.25) is 23.5 Å². The van der Waals surface area contributed by atoms with E-state index in [0.717, 1.165) is 82.8 Å². The number of imidazole rings is 4. The van der Waals surface area contributed by atoms with Gasteiger partial charge in [0.25, 0.3) is 0 Å². The van der Waals surface area contributed by atoms with Crippen LogP contribution in [0.15, 0.2) is 190 Å². The van der Waals surface area contributed by atoms with Gasteiger partial charge in [0.15, 0.2) is 45.9 Å². The molecule has 0 bridgehead atoms. The molecule has 1 saturated carbocycles. The van der Waals surface area contributed by atoms with Gasteiger partial charge < -0.3 is 61.8 Å². The molecule has 12 aromatic heterocycles. The van der Waals surface area contributed by atoms with Crippen molar-refractivity contribution >= 4 is 79.5 Å². The van der Waals surface area contributed by atoms with Crippen LogP contribution in [0, 0.1) is 39.5 Å². The maximum atomic E-state index is 12.4. The maximum Gasteiger partial charge on any atom is 0.335 e. The molecular weight excluding hydrogens is 1660 g/mol. The molecule has 1 aliphatic rings. The van der Waals surface area contributed by atoms with Crippen LogP contribution in [0.5, 0.6) is 46.5 Å². The van der Waals surface area contributed by atoms with Crippen molar-refractivity contribution in [2.45, 2.75) is 184 Å². The van der Waals surface area contributed by atoms with Gasteiger partial charge in [-0.1, -0.05) is 152 Å². The monoisotopic (exact) mass is 1760 g/mol. The van der Waals surface area contributed by atoms with Crippen molar-refractivity contribution in [3.05, 3.63) is 280 Å². The van der Waals surface area contributed by atoms with Gasteiger partial charge in [0, 0.05) is 49.1 Å². The first kappa shape index (κ1) is 91.8. The summed E-state index contributed by atoms with van der Waals surface area (Å²) in [7, 11) is 0. The van der Waals surface area contributed by atoms with Crippen LogP contribution < -0.4 is 64.6 Å². The van der Waals surface area contributed by atoms with Crippen LogP contribution in [-0.4, -0.2) is 106 Å². The molecule has 0 unspecified atom stereocenters. The Balaban J connectivity index is 0.000000145. The van der Waals surface area contributed by atoms with Crippen molar-refractivity contribution in [3.63, 3.8) is 0 Å². The molecule has 35 heteroatoms. The average Bonchev–Trinajstić information content (AvgIpc) is 1.65. The Labute approximate surface area is 746 Å². The van der Waals surface area contributed by atoms with E-state index in [-0.39, 0.29) is 46.0 Å². The topological polar surface area (TPSA) is 481 Å². The molecule has 17 rings (SSSR count). The molecule has 34 nitrogen and oxygen atoms in total. The van der Waals surface area contributed by atoms with Crippen molar-refractivity contribution in [1.82, 2.24) is 98.0 Å². The van der Waals surface area contributed by atoms with E-state index >= 15 is 0 Å². The van der Waals surface area contributed by atoms with Gasteiger partial charge in [-0.3, -0.25) is 18.3 Å². The first-order valence-electron chi connectivity index (χ1n) is 43.1. The highest BCUT2D eigenvalue weighted by atomic mass is 32.1. The number of nitrogens with zero attached hydrogens (tertiary/aromatic N) is 16. The molecule has 129 heavy (non-hydrogen) atoms. The molecule has 1 fully saturated rings. The molecule has 1 aliphatic carbocycles. The SMILES string of the molecule is CCCCCc1ccc(Oc2ccc(Cn3c(=O)[nH]c4c(N)nc(C)nc43)cn2)cc1.CCCCc1ccc(Oc2ccc(Cn3c(=O)[nH]c4c(N)nc(C)nc43)cn2)cc1.Cc1nc(N)c2[nH]c(=O)n(Cc3ccc(Oc4ccc(CCC5CCCC5)cc4)nc3)c2n1.Cc1nc(N)c2[nH]c(=O)n(Cc3ccc(Oc4ccc(CCCC(C)C)cc4)nc3)c2n1.O=S=O. The Hall–Kier alpha value is -14.9. The van der Waals surface area contributed by atoms with E-state index in [2.05, 4.69) is 156 Å². The normalized spacial score (nSPS) is 11.8. The number of aryl methyl sites for hydroxylation is 8. The lowest BCUT2D eigenvalue weighted by molar-refractivity contribution is 0.461. The number of H-pyrrole nitrogens is 4. The number of aromatic nitrogens is 20. The molecule has 16 aromatic rings. The van der Waals surface area contributed by atoms with Crippen LogP contribution >= 0.6 is 0 Å². The number of benzene rings is 4. The summed E-state index contributed by atoms with van der Waals surface area (Å²) in [5.41, 5.74) is 34.8. The molecule has 12 heterocycles. The Kier molecular flexibility index (Phi) is 31.2.